The minimum atomic E-state index is -4.21. The molecule has 1 aromatic heterocycles. The van der Waals surface area contributed by atoms with Crippen LogP contribution in [0.25, 0.3) is 11.8 Å². The van der Waals surface area contributed by atoms with Gasteiger partial charge < -0.3 is 8.92 Å². The summed E-state index contributed by atoms with van der Waals surface area (Å²) in [6.45, 7) is 0. The maximum absolute atomic E-state index is 14.0. The highest BCUT2D eigenvalue weighted by Crippen LogP contribution is 2.41. The number of fused-ring (bicyclic) bond motifs is 3. The van der Waals surface area contributed by atoms with E-state index in [9.17, 15) is 23.3 Å². The second kappa shape index (κ2) is 11.5. The molecular formula is C34H25N3O7S2. The molecule has 230 valence electrons. The Bertz CT molecular complexity index is 2320. The van der Waals surface area contributed by atoms with E-state index in [4.69, 9.17) is 13.9 Å². The first-order valence-corrected chi connectivity index (χ1v) is 16.5. The lowest BCUT2D eigenvalue weighted by Crippen LogP contribution is -2.38. The summed E-state index contributed by atoms with van der Waals surface area (Å²) in [7, 11) is -2.60. The summed E-state index contributed by atoms with van der Waals surface area (Å²) >= 11 is 1.30. The number of aryl methyl sites for hydroxylation is 1. The topological polar surface area (TPSA) is 130 Å². The summed E-state index contributed by atoms with van der Waals surface area (Å²) in [5.74, 6) is 0.787. The molecule has 0 fully saturated rings. The molecule has 7 rings (SSSR count). The molecule has 0 N–H and O–H groups in total. The minimum absolute atomic E-state index is 0.0582. The highest BCUT2D eigenvalue weighted by molar-refractivity contribution is 7.87. The van der Waals surface area contributed by atoms with E-state index in [1.165, 1.54) is 29.0 Å². The molecule has 12 heteroatoms. The van der Waals surface area contributed by atoms with Gasteiger partial charge in [-0.05, 0) is 77.6 Å². The van der Waals surface area contributed by atoms with Crippen molar-refractivity contribution in [3.63, 3.8) is 0 Å². The van der Waals surface area contributed by atoms with E-state index in [-0.39, 0.29) is 27.9 Å². The number of nitrogens with zero attached hydrogens (tertiary/aromatic N) is 3. The molecule has 5 aromatic rings. The first-order chi connectivity index (χ1) is 22.2. The van der Waals surface area contributed by atoms with Crippen LogP contribution in [0.15, 0.2) is 117 Å². The molecule has 0 unspecified atom stereocenters. The van der Waals surface area contributed by atoms with Crippen LogP contribution in [-0.2, 0) is 16.5 Å². The molecule has 2 aliphatic rings. The van der Waals surface area contributed by atoms with Gasteiger partial charge in [0, 0.05) is 17.7 Å². The highest BCUT2D eigenvalue weighted by atomic mass is 32.2. The first kappa shape index (κ1) is 29.4. The van der Waals surface area contributed by atoms with E-state index in [0.29, 0.717) is 14.9 Å². The standard InChI is InChI=1S/C34H25N3O7S2/c1-43-25-15-8-23(9-16-25)32-29-19-10-22-4-2-3-5-28(22)31(29)35-34-36(32)33(38)30(45-34)20-21-6-13-26(14-7-21)44-46(41,42)27-17-11-24(12-18-27)37(39)40/h2-9,11-18,20,32H,10,19H2,1H3/b30-20-/t32-/m1/s1. The van der Waals surface area contributed by atoms with Gasteiger partial charge in [0.25, 0.3) is 11.2 Å². The van der Waals surface area contributed by atoms with Gasteiger partial charge in [-0.25, -0.2) is 4.99 Å². The molecule has 4 aromatic carbocycles. The summed E-state index contributed by atoms with van der Waals surface area (Å²) < 4.78 is 38.3. The number of nitro groups is 1. The second-order valence-corrected chi connectivity index (χ2v) is 13.3. The SMILES string of the molecule is COc1ccc([C@@H]2C3=C(N=c4s/c(=C\c5ccc(OS(=O)(=O)c6ccc([N+](=O)[O-])cc6)cc5)c(=O)n42)c2ccccc2CC3)cc1. The van der Waals surface area contributed by atoms with Gasteiger partial charge in [0.1, 0.15) is 16.4 Å². The molecule has 46 heavy (non-hydrogen) atoms. The number of methoxy groups -OCH3 is 1. The maximum atomic E-state index is 14.0. The Morgan fingerprint density at radius 2 is 1.63 bits per heavy atom. The van der Waals surface area contributed by atoms with Crippen molar-refractivity contribution in [2.45, 2.75) is 23.8 Å². The number of non-ortho nitro benzene ring substituents is 1. The number of allylic oxidation sites excluding steroid dienone is 1. The third-order valence-corrected chi connectivity index (χ3v) is 10.3. The second-order valence-electron chi connectivity index (χ2n) is 10.7. The molecule has 0 amide bonds. The van der Waals surface area contributed by atoms with Gasteiger partial charge in [-0.15, -0.1) is 0 Å². The number of hydrogen-bond acceptors (Lipinski definition) is 9. The molecule has 0 saturated heterocycles. The lowest BCUT2D eigenvalue weighted by Gasteiger charge is -2.30. The van der Waals surface area contributed by atoms with Gasteiger partial charge in [-0.1, -0.05) is 59.9 Å². The number of thiazole rings is 1. The number of benzene rings is 4. The predicted molar refractivity (Wildman–Crippen MR) is 173 cm³/mol. The Morgan fingerprint density at radius 1 is 0.935 bits per heavy atom. The normalized spacial score (nSPS) is 15.8. The van der Waals surface area contributed by atoms with Crippen LogP contribution in [0, 0.1) is 10.1 Å². The van der Waals surface area contributed by atoms with Gasteiger partial charge in [0.05, 0.1) is 28.3 Å². The Balaban J connectivity index is 1.25. The van der Waals surface area contributed by atoms with Crippen molar-refractivity contribution in [1.29, 1.82) is 0 Å². The lowest BCUT2D eigenvalue weighted by atomic mass is 9.83. The average Bonchev–Trinajstić information content (AvgIpc) is 3.38. The van der Waals surface area contributed by atoms with Crippen molar-refractivity contribution in [1.82, 2.24) is 4.57 Å². The van der Waals surface area contributed by atoms with Gasteiger partial charge >= 0.3 is 10.1 Å². The van der Waals surface area contributed by atoms with Crippen LogP contribution in [0.2, 0.25) is 0 Å². The molecule has 0 saturated carbocycles. The average molecular weight is 652 g/mol. The fraction of sp³-hybridized carbons (Fsp3) is 0.118. The number of aromatic nitrogens is 1. The summed E-state index contributed by atoms with van der Waals surface area (Å²) in [4.78, 5) is 29.7. The molecule has 1 aliphatic carbocycles. The largest absolute Gasteiger partial charge is 0.497 e. The van der Waals surface area contributed by atoms with Crippen molar-refractivity contribution in [2.75, 3.05) is 7.11 Å². The van der Waals surface area contributed by atoms with E-state index in [2.05, 4.69) is 12.1 Å². The van der Waals surface area contributed by atoms with E-state index in [1.807, 2.05) is 36.4 Å². The predicted octanol–water partition coefficient (Wildman–Crippen LogP) is 5.00. The summed E-state index contributed by atoms with van der Waals surface area (Å²) in [6.07, 6.45) is 3.39. The smallest absolute Gasteiger partial charge is 0.339 e. The Morgan fingerprint density at radius 3 is 2.33 bits per heavy atom. The van der Waals surface area contributed by atoms with Gasteiger partial charge in [-0.2, -0.15) is 8.42 Å². The molecule has 10 nitrogen and oxygen atoms in total. The number of hydrogen-bond donors (Lipinski definition) is 0. The molecular weight excluding hydrogens is 627 g/mol. The van der Waals surface area contributed by atoms with E-state index in [1.54, 1.807) is 29.9 Å². The van der Waals surface area contributed by atoms with Crippen molar-refractivity contribution in [3.05, 3.63) is 155 Å². The van der Waals surface area contributed by atoms with Crippen molar-refractivity contribution >= 4 is 38.9 Å². The van der Waals surface area contributed by atoms with Crippen LogP contribution >= 0.6 is 11.3 Å². The molecule has 1 atom stereocenters. The van der Waals surface area contributed by atoms with Gasteiger partial charge in [0.15, 0.2) is 4.80 Å². The maximum Gasteiger partial charge on any atom is 0.339 e. The van der Waals surface area contributed by atoms with E-state index < -0.39 is 15.0 Å². The molecule has 1 aliphatic heterocycles. The molecule has 0 bridgehead atoms. The third kappa shape index (κ3) is 5.31. The minimum Gasteiger partial charge on any atom is -0.497 e. The number of ether oxygens (including phenoxy) is 1. The fourth-order valence-electron chi connectivity index (χ4n) is 5.79. The van der Waals surface area contributed by atoms with E-state index >= 15 is 0 Å². The van der Waals surface area contributed by atoms with Crippen LogP contribution in [-0.4, -0.2) is 25.0 Å². The third-order valence-electron chi connectivity index (χ3n) is 8.02. The van der Waals surface area contributed by atoms with Crippen LogP contribution in [0.3, 0.4) is 0 Å². The molecule has 0 spiro atoms. The molecule has 2 heterocycles. The molecule has 0 radical (unpaired) electrons. The monoisotopic (exact) mass is 651 g/mol. The van der Waals surface area contributed by atoms with Crippen LogP contribution in [0.4, 0.5) is 5.69 Å². The zero-order chi connectivity index (χ0) is 32.0. The van der Waals surface area contributed by atoms with E-state index in [0.717, 1.165) is 65.3 Å². The quantitative estimate of drug-likeness (QED) is 0.138. The Labute approximate surface area is 267 Å². The summed E-state index contributed by atoms with van der Waals surface area (Å²) in [5, 5.41) is 10.9. The first-order valence-electron chi connectivity index (χ1n) is 14.3. The van der Waals surface area contributed by atoms with Crippen LogP contribution in [0.5, 0.6) is 11.5 Å². The van der Waals surface area contributed by atoms with Crippen molar-refractivity contribution < 1.29 is 22.3 Å². The van der Waals surface area contributed by atoms with Gasteiger partial charge in [0.2, 0.25) is 0 Å². The van der Waals surface area contributed by atoms with Gasteiger partial charge in [-0.3, -0.25) is 19.5 Å². The number of nitro benzene ring substituents is 1. The van der Waals surface area contributed by atoms with Crippen molar-refractivity contribution in [2.24, 2.45) is 4.99 Å². The highest BCUT2D eigenvalue weighted by Gasteiger charge is 2.32. The summed E-state index contributed by atoms with van der Waals surface area (Å²) in [5.41, 5.74) is 5.55. The number of rotatable bonds is 7. The summed E-state index contributed by atoms with van der Waals surface area (Å²) in [6, 6.07) is 26.4. The van der Waals surface area contributed by atoms with Crippen LogP contribution in [0.1, 0.15) is 34.7 Å². The zero-order valence-electron chi connectivity index (χ0n) is 24.3. The van der Waals surface area contributed by atoms with Crippen LogP contribution < -0.4 is 23.8 Å². The zero-order valence-corrected chi connectivity index (χ0v) is 26.0. The lowest BCUT2D eigenvalue weighted by molar-refractivity contribution is -0.384. The Hall–Kier alpha value is -5.33. The fourth-order valence-corrected chi connectivity index (χ4v) is 7.72. The van der Waals surface area contributed by atoms with Crippen molar-refractivity contribution in [3.8, 4) is 11.5 Å². The Kier molecular flexibility index (Phi) is 7.38.